The molecule has 0 amide bonds. The van der Waals surface area contributed by atoms with Crippen molar-refractivity contribution in [3.63, 3.8) is 0 Å². The van der Waals surface area contributed by atoms with E-state index in [1.54, 1.807) is 0 Å². The lowest BCUT2D eigenvalue weighted by atomic mass is 10.2. The van der Waals surface area contributed by atoms with Gasteiger partial charge < -0.3 is 5.11 Å². The number of aromatic hydroxyl groups is 1. The van der Waals surface area contributed by atoms with E-state index in [1.807, 2.05) is 0 Å². The molecule has 1 N–H and O–H groups in total. The SMILES string of the molecule is Oc1cc(F)cc(F)c1CCl. The molecule has 11 heavy (non-hydrogen) atoms. The van der Waals surface area contributed by atoms with Gasteiger partial charge in [-0.2, -0.15) is 0 Å². The largest absolute Gasteiger partial charge is 0.507 e. The van der Waals surface area contributed by atoms with Crippen LogP contribution >= 0.6 is 11.6 Å². The fourth-order valence-corrected chi connectivity index (χ4v) is 0.987. The summed E-state index contributed by atoms with van der Waals surface area (Å²) < 4.78 is 24.9. The lowest BCUT2D eigenvalue weighted by Gasteiger charge is -2.00. The van der Waals surface area contributed by atoms with Gasteiger partial charge in [-0.05, 0) is 0 Å². The number of hydrogen-bond acceptors (Lipinski definition) is 1. The van der Waals surface area contributed by atoms with E-state index in [-0.39, 0.29) is 11.4 Å². The number of hydrogen-bond donors (Lipinski definition) is 1. The predicted molar refractivity (Wildman–Crippen MR) is 37.6 cm³/mol. The first kappa shape index (κ1) is 8.27. The summed E-state index contributed by atoms with van der Waals surface area (Å²) in [5.74, 6) is -2.25. The molecule has 0 saturated carbocycles. The van der Waals surface area contributed by atoms with Crippen molar-refractivity contribution in [3.05, 3.63) is 29.3 Å². The summed E-state index contributed by atoms with van der Waals surface area (Å²) in [4.78, 5) is 0. The standard InChI is InChI=1S/C7H5ClF2O/c8-3-5-6(10)1-4(9)2-7(5)11/h1-2,11H,3H2. The Hall–Kier alpha value is -0.830. The van der Waals surface area contributed by atoms with E-state index >= 15 is 0 Å². The van der Waals surface area contributed by atoms with Gasteiger partial charge in [-0.3, -0.25) is 0 Å². The van der Waals surface area contributed by atoms with Crippen LogP contribution in [0.4, 0.5) is 8.78 Å². The molecule has 0 atom stereocenters. The van der Waals surface area contributed by atoms with Crippen LogP contribution in [-0.2, 0) is 5.88 Å². The van der Waals surface area contributed by atoms with E-state index in [9.17, 15) is 8.78 Å². The average Bonchev–Trinajstić information content (AvgIpc) is 1.85. The van der Waals surface area contributed by atoms with Crippen molar-refractivity contribution in [2.75, 3.05) is 0 Å². The quantitative estimate of drug-likeness (QED) is 0.655. The van der Waals surface area contributed by atoms with Crippen LogP contribution in [0.1, 0.15) is 5.56 Å². The Morgan fingerprint density at radius 1 is 1.36 bits per heavy atom. The molecular weight excluding hydrogens is 174 g/mol. The third-order valence-electron chi connectivity index (χ3n) is 1.27. The summed E-state index contributed by atoms with van der Waals surface area (Å²) in [5.41, 5.74) is -0.0759. The Balaban J connectivity index is 3.25. The van der Waals surface area contributed by atoms with E-state index in [0.717, 1.165) is 6.07 Å². The van der Waals surface area contributed by atoms with Crippen LogP contribution < -0.4 is 0 Å². The number of benzene rings is 1. The molecule has 0 aliphatic rings. The average molecular weight is 179 g/mol. The zero-order valence-electron chi connectivity index (χ0n) is 5.44. The Labute approximate surface area is 67.2 Å². The Kier molecular flexibility index (Phi) is 2.29. The maximum absolute atomic E-state index is 12.6. The van der Waals surface area contributed by atoms with Crippen molar-refractivity contribution in [1.82, 2.24) is 0 Å². The highest BCUT2D eigenvalue weighted by Gasteiger charge is 2.08. The van der Waals surface area contributed by atoms with E-state index in [4.69, 9.17) is 16.7 Å². The highest BCUT2D eigenvalue weighted by Crippen LogP contribution is 2.23. The summed E-state index contributed by atoms with van der Waals surface area (Å²) in [7, 11) is 0. The number of phenols is 1. The molecule has 1 rings (SSSR count). The zero-order chi connectivity index (χ0) is 8.43. The van der Waals surface area contributed by atoms with Crippen molar-refractivity contribution in [2.45, 2.75) is 5.88 Å². The van der Waals surface area contributed by atoms with Crippen LogP contribution in [-0.4, -0.2) is 5.11 Å². The molecule has 4 heteroatoms. The van der Waals surface area contributed by atoms with E-state index in [1.165, 1.54) is 0 Å². The molecule has 1 aromatic carbocycles. The topological polar surface area (TPSA) is 20.2 Å². The second kappa shape index (κ2) is 3.05. The first-order chi connectivity index (χ1) is 5.15. The van der Waals surface area contributed by atoms with Gasteiger partial charge in [0.05, 0.1) is 5.88 Å². The summed E-state index contributed by atoms with van der Waals surface area (Å²) in [6.45, 7) is 0. The summed E-state index contributed by atoms with van der Waals surface area (Å²) in [6, 6.07) is 1.50. The van der Waals surface area contributed by atoms with Gasteiger partial charge in [0, 0.05) is 17.7 Å². The second-order valence-corrected chi connectivity index (χ2v) is 2.29. The van der Waals surface area contributed by atoms with Crippen molar-refractivity contribution in [1.29, 1.82) is 0 Å². The van der Waals surface area contributed by atoms with Gasteiger partial charge in [0.1, 0.15) is 17.4 Å². The van der Waals surface area contributed by atoms with Gasteiger partial charge in [-0.1, -0.05) is 0 Å². The van der Waals surface area contributed by atoms with E-state index < -0.39 is 17.4 Å². The van der Waals surface area contributed by atoms with Crippen molar-refractivity contribution < 1.29 is 13.9 Å². The first-order valence-electron chi connectivity index (χ1n) is 2.88. The molecule has 0 aliphatic heterocycles. The highest BCUT2D eigenvalue weighted by molar-refractivity contribution is 6.17. The molecule has 0 spiro atoms. The van der Waals surface area contributed by atoms with Gasteiger partial charge in [0.25, 0.3) is 0 Å². The zero-order valence-corrected chi connectivity index (χ0v) is 6.20. The molecule has 0 aliphatic carbocycles. The van der Waals surface area contributed by atoms with Gasteiger partial charge in [0.2, 0.25) is 0 Å². The predicted octanol–water partition coefficient (Wildman–Crippen LogP) is 2.41. The number of rotatable bonds is 1. The second-order valence-electron chi connectivity index (χ2n) is 2.02. The Bertz CT molecular complexity index is 252. The van der Waals surface area contributed by atoms with Gasteiger partial charge in [-0.25, -0.2) is 8.78 Å². The number of alkyl halides is 1. The van der Waals surface area contributed by atoms with Crippen LogP contribution in [0.3, 0.4) is 0 Å². The third-order valence-corrected chi connectivity index (χ3v) is 1.54. The van der Waals surface area contributed by atoms with Crippen LogP contribution in [0, 0.1) is 11.6 Å². The Morgan fingerprint density at radius 3 is 2.45 bits per heavy atom. The first-order valence-corrected chi connectivity index (χ1v) is 3.41. The molecule has 0 saturated heterocycles. The molecule has 0 aromatic heterocycles. The summed E-state index contributed by atoms with van der Waals surface area (Å²) >= 11 is 5.27. The molecule has 0 radical (unpaired) electrons. The molecule has 0 heterocycles. The van der Waals surface area contributed by atoms with Gasteiger partial charge >= 0.3 is 0 Å². The highest BCUT2D eigenvalue weighted by atomic mass is 35.5. The van der Waals surface area contributed by atoms with Crippen LogP contribution in [0.5, 0.6) is 5.75 Å². The number of phenolic OH excluding ortho intramolecular Hbond substituents is 1. The molecule has 0 fully saturated rings. The lowest BCUT2D eigenvalue weighted by Crippen LogP contribution is -1.88. The fraction of sp³-hybridized carbons (Fsp3) is 0.143. The smallest absolute Gasteiger partial charge is 0.134 e. The molecule has 60 valence electrons. The van der Waals surface area contributed by atoms with E-state index in [2.05, 4.69) is 0 Å². The van der Waals surface area contributed by atoms with Crippen molar-refractivity contribution in [2.24, 2.45) is 0 Å². The fourth-order valence-electron chi connectivity index (χ4n) is 0.722. The van der Waals surface area contributed by atoms with Gasteiger partial charge in [0.15, 0.2) is 0 Å². The number of halogens is 3. The van der Waals surface area contributed by atoms with Crippen molar-refractivity contribution in [3.8, 4) is 5.75 Å². The Morgan fingerprint density at radius 2 is 2.00 bits per heavy atom. The molecule has 1 aromatic rings. The van der Waals surface area contributed by atoms with Gasteiger partial charge in [-0.15, -0.1) is 11.6 Å². The molecular formula is C7H5ClF2O. The minimum absolute atomic E-state index is 0.0759. The van der Waals surface area contributed by atoms with Crippen molar-refractivity contribution >= 4 is 11.6 Å². The molecule has 1 nitrogen and oxygen atoms in total. The minimum atomic E-state index is -0.822. The molecule has 0 unspecified atom stereocenters. The van der Waals surface area contributed by atoms with E-state index in [0.29, 0.717) is 6.07 Å². The normalized spacial score (nSPS) is 10.1. The molecule has 0 bridgehead atoms. The van der Waals surface area contributed by atoms with Crippen LogP contribution in [0.15, 0.2) is 12.1 Å². The maximum Gasteiger partial charge on any atom is 0.134 e. The maximum atomic E-state index is 12.6. The lowest BCUT2D eigenvalue weighted by molar-refractivity contribution is 0.453. The summed E-state index contributed by atoms with van der Waals surface area (Å²) in [5, 5.41) is 8.91. The monoisotopic (exact) mass is 178 g/mol. The van der Waals surface area contributed by atoms with Crippen LogP contribution in [0.2, 0.25) is 0 Å². The minimum Gasteiger partial charge on any atom is -0.507 e. The third kappa shape index (κ3) is 1.60. The van der Waals surface area contributed by atoms with Crippen LogP contribution in [0.25, 0.3) is 0 Å². The summed E-state index contributed by atoms with van der Waals surface area (Å²) in [6.07, 6.45) is 0.